The number of esters is 2. The first kappa shape index (κ1) is 123. The summed E-state index contributed by atoms with van der Waals surface area (Å²) in [6.45, 7) is 9.72. The molecule has 4 amide bonds. The largest absolute Gasteiger partial charge is 0.466 e. The van der Waals surface area contributed by atoms with Gasteiger partial charge in [-0.05, 0) is 134 Å². The number of methoxy groups -OCH3 is 2. The van der Waals surface area contributed by atoms with Gasteiger partial charge in [-0.3, -0.25) is 38.4 Å². The van der Waals surface area contributed by atoms with Crippen LogP contribution in [0.3, 0.4) is 0 Å². The van der Waals surface area contributed by atoms with Gasteiger partial charge in [-0.1, -0.05) is 107 Å². The van der Waals surface area contributed by atoms with E-state index in [1.54, 1.807) is 39.9 Å². The van der Waals surface area contributed by atoms with E-state index in [0.717, 1.165) is 108 Å². The van der Waals surface area contributed by atoms with Crippen LogP contribution in [0.1, 0.15) is 285 Å². The fourth-order valence-corrected chi connectivity index (χ4v) is 18.1. The molecule has 4 fully saturated rings. The Bertz CT molecular complexity index is 2760. The van der Waals surface area contributed by atoms with Crippen LogP contribution in [0.15, 0.2) is 0 Å². The van der Waals surface area contributed by atoms with Gasteiger partial charge in [-0.25, -0.2) is 4.79 Å². The maximum Gasteiger partial charge on any atom is 0.407 e. The van der Waals surface area contributed by atoms with Crippen molar-refractivity contribution in [2.45, 2.75) is 370 Å². The summed E-state index contributed by atoms with van der Waals surface area (Å²) < 4.78 is 66.9. The van der Waals surface area contributed by atoms with Crippen LogP contribution in [-0.4, -0.2) is 333 Å². The molecule has 0 saturated carbocycles. The summed E-state index contributed by atoms with van der Waals surface area (Å²) in [6, 6.07) is -0.123. The zero-order chi connectivity index (χ0) is 94.8. The number of unbranched alkanes of at least 4 members (excludes halogenated alkanes) is 13. The molecule has 0 aromatic carbocycles. The van der Waals surface area contributed by atoms with Crippen LogP contribution in [0.25, 0.3) is 0 Å². The van der Waals surface area contributed by atoms with E-state index in [2.05, 4.69) is 22.9 Å². The number of rotatable bonds is 76. The molecule has 4 saturated heterocycles. The standard InChI is InChI=1S/C74H133N3O27.C18H33NO4S2.Y/c1-52-64(87)67(90)57(49-78)102-70(52)98-39-20-27-55(81)26-14-8-5-13-19-38-77-73(93)101-44-25-35-74(48-56(82)32-45-95-47-46-94-4,33-23-42-96-62(85)30-15-9-6-11-17-36-75-60(83)28-21-40-99-71-53(2)65(88)68(91)58(50-79)103-71)34-24-43-97-63(86)31-16-10-7-12-18-37-76-61(84)29-22-41-100-72-54(3)66(89)69(92)59(51-80)104-72;1-3-10-24-25-11-6-8-16(21)7-4-5-9-18(22)19-13-17(23-2)12-15(19)14-20;/h52-54,57-59,64-72,78-80,87-92H,5-51H2,1-4H3,(H,75,83)(H,76,84)(H,77,93);15,17,20H,3-14H2,1-2H3;/t;15-,17+;/m.1./s1. The number of Topliss-reactive ketones (excluding diaryl/α,β-unsaturated/α-hetero) is 3. The van der Waals surface area contributed by atoms with Gasteiger partial charge in [-0.15, -0.1) is 0 Å². The summed E-state index contributed by atoms with van der Waals surface area (Å²) >= 11 is 0. The number of nitrogens with one attached hydrogen (secondary N) is 3. The van der Waals surface area contributed by atoms with E-state index >= 15 is 0 Å². The van der Waals surface area contributed by atoms with Gasteiger partial charge in [0.1, 0.15) is 54.0 Å². The smallest absolute Gasteiger partial charge is 0.407 e. The van der Waals surface area contributed by atoms with Gasteiger partial charge >= 0.3 is 18.0 Å². The van der Waals surface area contributed by atoms with Gasteiger partial charge in [0.25, 0.3) is 0 Å². The van der Waals surface area contributed by atoms with Crippen molar-refractivity contribution in [3.05, 3.63) is 0 Å². The first-order valence-electron chi connectivity index (χ1n) is 48.0. The number of ether oxygens (including phenoxy) is 12. The van der Waals surface area contributed by atoms with Crippen molar-refractivity contribution in [2.24, 2.45) is 23.2 Å². The summed E-state index contributed by atoms with van der Waals surface area (Å²) in [6.07, 6.45) is 11.4. The molecule has 4 heterocycles. The van der Waals surface area contributed by atoms with Crippen LogP contribution < -0.4 is 16.0 Å². The zero-order valence-corrected chi connectivity index (χ0v) is 83.4. The second kappa shape index (κ2) is 76.6. The van der Waals surface area contributed by atoms with Crippen LogP contribution in [0.5, 0.6) is 0 Å². The zero-order valence-electron chi connectivity index (χ0n) is 78.9. The van der Waals surface area contributed by atoms with E-state index in [4.69, 9.17) is 56.8 Å². The summed E-state index contributed by atoms with van der Waals surface area (Å²) in [5.41, 5.74) is -0.619. The number of alkyl carbamates (subject to hydrolysis) is 1. The number of nitrogens with zero attached hydrogens (tertiary/aromatic N) is 1. The fraction of sp³-hybridized carbons (Fsp3) is 0.902. The van der Waals surface area contributed by atoms with E-state index in [9.17, 15) is 94.2 Å². The minimum atomic E-state index is -1.21. The SMILES string of the molecule is CCCSSCCCC(=O)CCCCC(=O)N1C[C@@H](OC)C[C@@H]1CO.COCCOCCC(=O)CC(CCCOC(=O)CCCCCCCNC(=O)CCCOC1OC(CO)C(O)C(O)C1C)(CCCOC(=O)CCCCCCCNC(=O)CCCOC1OC(CO)C(O)C(O)C1C)CCCOC(=O)NCCCCCCCC(=O)CCCOC1OC(CO)C(O)C(O)C1C.[Y]. The Morgan fingerprint density at radius 2 is 0.792 bits per heavy atom. The van der Waals surface area contributed by atoms with E-state index < -0.39 is 123 Å². The molecule has 0 aliphatic carbocycles. The number of hydrogen-bond acceptors (Lipinski definition) is 33. The minimum absolute atomic E-state index is 0. The molecule has 13 N–H and O–H groups in total. The van der Waals surface area contributed by atoms with Gasteiger partial charge in [0.2, 0.25) is 17.7 Å². The first-order chi connectivity index (χ1) is 62.2. The number of carbonyl (C=O) groups excluding carboxylic acids is 9. The van der Waals surface area contributed by atoms with Crippen molar-refractivity contribution in [3.63, 3.8) is 0 Å². The monoisotopic (exact) mass is 1980 g/mol. The van der Waals surface area contributed by atoms with E-state index in [-0.39, 0.29) is 177 Å². The average molecular weight is 1980 g/mol. The molecule has 1 radical (unpaired) electrons. The number of carbonyl (C=O) groups is 9. The molecule has 17 atom stereocenters. The van der Waals surface area contributed by atoms with Gasteiger partial charge < -0.3 is 129 Å². The van der Waals surface area contributed by atoms with Gasteiger partial charge in [0.15, 0.2) is 18.9 Å². The van der Waals surface area contributed by atoms with Gasteiger partial charge in [0.05, 0.1) is 116 Å². The summed E-state index contributed by atoms with van der Waals surface area (Å²) in [5, 5.41) is 107. The minimum Gasteiger partial charge on any atom is -0.466 e. The van der Waals surface area contributed by atoms with Crippen molar-refractivity contribution in [3.8, 4) is 0 Å². The molecule has 35 nitrogen and oxygen atoms in total. The quantitative estimate of drug-likeness (QED) is 0.0119. The summed E-state index contributed by atoms with van der Waals surface area (Å²) in [7, 11) is 6.94. The van der Waals surface area contributed by atoms with E-state index in [1.807, 2.05) is 21.6 Å². The maximum atomic E-state index is 13.8. The van der Waals surface area contributed by atoms with E-state index in [1.165, 1.54) is 12.2 Å². The Morgan fingerprint density at radius 3 is 1.23 bits per heavy atom. The Labute approximate surface area is 805 Å². The average Bonchev–Trinajstić information content (AvgIpc) is 0.991. The molecule has 755 valence electrons. The molecule has 4 aliphatic heterocycles. The van der Waals surface area contributed by atoms with Crippen LogP contribution in [0.4, 0.5) is 4.79 Å². The first-order valence-corrected chi connectivity index (χ1v) is 50.5. The number of likely N-dealkylation sites (tertiary alicyclic amines) is 1. The predicted octanol–water partition coefficient (Wildman–Crippen LogP) is 7.87. The topological polar surface area (TPSA) is 506 Å². The Balaban J connectivity index is 0.00000188. The van der Waals surface area contributed by atoms with Gasteiger partial charge in [0, 0.05) is 173 Å². The maximum absolute atomic E-state index is 13.8. The summed E-state index contributed by atoms with van der Waals surface area (Å²) in [4.78, 5) is 116. The third-order valence-corrected chi connectivity index (χ3v) is 26.7. The molecule has 0 aromatic rings. The Kier molecular flexibility index (Phi) is 72.3. The van der Waals surface area contributed by atoms with Crippen molar-refractivity contribution in [1.29, 1.82) is 0 Å². The van der Waals surface area contributed by atoms with Crippen LogP contribution >= 0.6 is 21.6 Å². The molecular formula is C92H166N4O31S2Y. The molecule has 0 bridgehead atoms. The van der Waals surface area contributed by atoms with Crippen molar-refractivity contribution < 1.29 is 184 Å². The number of amides is 4. The van der Waals surface area contributed by atoms with E-state index in [0.29, 0.717) is 154 Å². The fourth-order valence-electron chi connectivity index (χ4n) is 15.9. The number of aliphatic hydroxyl groups excluding tert-OH is 10. The van der Waals surface area contributed by atoms with Crippen molar-refractivity contribution >= 4 is 74.7 Å². The summed E-state index contributed by atoms with van der Waals surface area (Å²) in [5.74, 6) is 0.256. The number of aliphatic hydroxyl groups is 10. The number of hydrogen-bond donors (Lipinski definition) is 13. The Hall–Kier alpha value is -3.33. The molecule has 38 heteroatoms. The van der Waals surface area contributed by atoms with Crippen LogP contribution in [-0.2, 0) is 128 Å². The molecule has 4 aliphatic rings. The van der Waals surface area contributed by atoms with Crippen LogP contribution in [0.2, 0.25) is 0 Å². The normalized spacial score (nSPS) is 24.2. The van der Waals surface area contributed by atoms with Crippen molar-refractivity contribution in [2.75, 3.05) is 138 Å². The predicted molar refractivity (Wildman–Crippen MR) is 485 cm³/mol. The third-order valence-electron chi connectivity index (χ3n) is 24.0. The van der Waals surface area contributed by atoms with Crippen LogP contribution in [0, 0.1) is 23.2 Å². The van der Waals surface area contributed by atoms with Gasteiger partial charge in [-0.2, -0.15) is 0 Å². The Morgan fingerprint density at radius 1 is 0.400 bits per heavy atom. The molecular weight excluding hydrogens is 1810 g/mol. The molecule has 15 unspecified atom stereocenters. The molecule has 4 rings (SSSR count). The molecule has 130 heavy (non-hydrogen) atoms. The second-order valence-electron chi connectivity index (χ2n) is 34.8. The third kappa shape index (κ3) is 54.1. The molecule has 0 aromatic heterocycles. The number of ketones is 3. The van der Waals surface area contributed by atoms with Crippen molar-refractivity contribution in [1.82, 2.24) is 20.9 Å². The molecule has 0 spiro atoms. The second-order valence-corrected chi connectivity index (χ2v) is 37.5.